The number of benzene rings is 1. The molecule has 116 valence electrons. The second-order valence-corrected chi connectivity index (χ2v) is 4.81. The summed E-state index contributed by atoms with van der Waals surface area (Å²) in [7, 11) is 1.53. The molecule has 0 atom stereocenters. The molecule has 0 heterocycles. The normalized spacial score (nSPS) is 10.8. The third kappa shape index (κ3) is 4.98. The summed E-state index contributed by atoms with van der Waals surface area (Å²) in [4.78, 5) is 11.9. The van der Waals surface area contributed by atoms with E-state index in [1.54, 1.807) is 24.3 Å². The van der Waals surface area contributed by atoms with Gasteiger partial charge in [-0.1, -0.05) is 18.7 Å². The van der Waals surface area contributed by atoms with Gasteiger partial charge < -0.3 is 14.8 Å². The van der Waals surface area contributed by atoms with E-state index in [1.165, 1.54) is 13.2 Å². The average Bonchev–Trinajstić information content (AvgIpc) is 2.50. The van der Waals surface area contributed by atoms with Crippen LogP contribution >= 0.6 is 0 Å². The van der Waals surface area contributed by atoms with E-state index in [9.17, 15) is 4.79 Å². The zero-order chi connectivity index (χ0) is 16.5. The lowest BCUT2D eigenvalue weighted by atomic mass is 10.1. The molecule has 0 saturated heterocycles. The van der Waals surface area contributed by atoms with E-state index >= 15 is 0 Å². The molecule has 0 saturated carbocycles. The Hall–Kier alpha value is -2.74. The van der Waals surface area contributed by atoms with Crippen LogP contribution in [0.5, 0.6) is 11.5 Å². The first-order chi connectivity index (χ1) is 10.5. The number of ether oxygens (including phenoxy) is 2. The van der Waals surface area contributed by atoms with E-state index in [2.05, 4.69) is 11.9 Å². The van der Waals surface area contributed by atoms with Gasteiger partial charge in [-0.2, -0.15) is 5.26 Å². The predicted octanol–water partition coefficient (Wildman–Crippen LogP) is 2.69. The predicted molar refractivity (Wildman–Crippen MR) is 85.6 cm³/mol. The fourth-order valence-electron chi connectivity index (χ4n) is 1.70. The molecular weight excluding hydrogens is 280 g/mol. The van der Waals surface area contributed by atoms with Gasteiger partial charge in [0, 0.05) is 6.04 Å². The number of carbonyl (C=O) groups is 1. The van der Waals surface area contributed by atoms with Crippen molar-refractivity contribution in [3.63, 3.8) is 0 Å². The standard InChI is InChI=1S/C17H20N2O3/c1-5-8-22-15-7-6-13(10-16(15)21-4)9-14(11-18)17(20)19-12(2)3/h5-7,9-10,12H,1,8H2,2-4H3,(H,19,20)/b14-9+. The van der Waals surface area contributed by atoms with Crippen molar-refractivity contribution in [3.8, 4) is 17.6 Å². The number of hydrogen-bond acceptors (Lipinski definition) is 4. The molecule has 0 aliphatic rings. The summed E-state index contributed by atoms with van der Waals surface area (Å²) in [5, 5.41) is 11.8. The van der Waals surface area contributed by atoms with Gasteiger partial charge in [0.05, 0.1) is 7.11 Å². The van der Waals surface area contributed by atoms with Crippen molar-refractivity contribution in [1.29, 1.82) is 5.26 Å². The summed E-state index contributed by atoms with van der Waals surface area (Å²) in [6, 6.07) is 7.06. The van der Waals surface area contributed by atoms with E-state index in [0.29, 0.717) is 23.7 Å². The van der Waals surface area contributed by atoms with Crippen LogP contribution in [-0.2, 0) is 4.79 Å². The van der Waals surface area contributed by atoms with E-state index in [4.69, 9.17) is 14.7 Å². The fraction of sp³-hybridized carbons (Fsp3) is 0.294. The molecule has 1 aromatic rings. The molecule has 0 aliphatic carbocycles. The summed E-state index contributed by atoms with van der Waals surface area (Å²) in [6.07, 6.45) is 3.15. The van der Waals surface area contributed by atoms with Gasteiger partial charge in [-0.3, -0.25) is 4.79 Å². The third-order valence-corrected chi connectivity index (χ3v) is 2.64. The lowest BCUT2D eigenvalue weighted by Gasteiger charge is -2.10. The van der Waals surface area contributed by atoms with Gasteiger partial charge in [-0.25, -0.2) is 0 Å². The number of nitriles is 1. The van der Waals surface area contributed by atoms with Gasteiger partial charge in [-0.05, 0) is 37.6 Å². The maximum absolute atomic E-state index is 11.9. The Labute approximate surface area is 130 Å². The van der Waals surface area contributed by atoms with Crippen molar-refractivity contribution in [2.75, 3.05) is 13.7 Å². The zero-order valence-electron chi connectivity index (χ0n) is 13.1. The van der Waals surface area contributed by atoms with Crippen LogP contribution in [0.15, 0.2) is 36.4 Å². The SMILES string of the molecule is C=CCOc1ccc(/C=C(\C#N)C(=O)NC(C)C)cc1OC. The first-order valence-electron chi connectivity index (χ1n) is 6.86. The average molecular weight is 300 g/mol. The Morgan fingerprint density at radius 3 is 2.73 bits per heavy atom. The van der Waals surface area contributed by atoms with Crippen LogP contribution in [0.25, 0.3) is 6.08 Å². The molecule has 0 unspecified atom stereocenters. The Bertz CT molecular complexity index is 613. The first-order valence-corrected chi connectivity index (χ1v) is 6.86. The van der Waals surface area contributed by atoms with Gasteiger partial charge in [0.25, 0.3) is 5.91 Å². The van der Waals surface area contributed by atoms with E-state index in [1.807, 2.05) is 19.9 Å². The monoisotopic (exact) mass is 300 g/mol. The molecule has 5 heteroatoms. The Kier molecular flexibility index (Phi) is 6.71. The second kappa shape index (κ2) is 8.53. The van der Waals surface area contributed by atoms with Crippen LogP contribution < -0.4 is 14.8 Å². The molecule has 1 rings (SSSR count). The van der Waals surface area contributed by atoms with E-state index < -0.39 is 5.91 Å². The molecule has 1 amide bonds. The number of hydrogen-bond donors (Lipinski definition) is 1. The maximum atomic E-state index is 11.9. The molecular formula is C17H20N2O3. The van der Waals surface area contributed by atoms with Gasteiger partial charge in [0.1, 0.15) is 18.2 Å². The van der Waals surface area contributed by atoms with Gasteiger partial charge in [-0.15, -0.1) is 0 Å². The molecule has 1 N–H and O–H groups in total. The minimum absolute atomic E-state index is 0.0338. The van der Waals surface area contributed by atoms with Crippen LogP contribution in [0.2, 0.25) is 0 Å². The third-order valence-electron chi connectivity index (χ3n) is 2.64. The molecule has 0 aromatic heterocycles. The lowest BCUT2D eigenvalue weighted by molar-refractivity contribution is -0.117. The largest absolute Gasteiger partial charge is 0.493 e. The van der Waals surface area contributed by atoms with Crippen molar-refractivity contribution < 1.29 is 14.3 Å². The van der Waals surface area contributed by atoms with Crippen molar-refractivity contribution >= 4 is 12.0 Å². The number of carbonyl (C=O) groups excluding carboxylic acids is 1. The van der Waals surface area contributed by atoms with Crippen LogP contribution in [0.3, 0.4) is 0 Å². The van der Waals surface area contributed by atoms with E-state index in [-0.39, 0.29) is 11.6 Å². The molecule has 1 aromatic carbocycles. The summed E-state index contributed by atoms with van der Waals surface area (Å²) in [5.74, 6) is 0.699. The van der Waals surface area contributed by atoms with Gasteiger partial charge in [0.2, 0.25) is 0 Å². The summed E-state index contributed by atoms with van der Waals surface area (Å²) in [5.41, 5.74) is 0.716. The minimum atomic E-state index is -0.400. The quantitative estimate of drug-likeness (QED) is 0.477. The number of nitrogens with zero attached hydrogens (tertiary/aromatic N) is 1. The van der Waals surface area contributed by atoms with Crippen molar-refractivity contribution in [3.05, 3.63) is 42.0 Å². The lowest BCUT2D eigenvalue weighted by Crippen LogP contribution is -2.30. The fourth-order valence-corrected chi connectivity index (χ4v) is 1.70. The van der Waals surface area contributed by atoms with Crippen LogP contribution in [0.1, 0.15) is 19.4 Å². The molecule has 0 aliphatic heterocycles. The molecule has 0 fully saturated rings. The topological polar surface area (TPSA) is 71.3 Å². The zero-order valence-corrected chi connectivity index (χ0v) is 13.1. The molecule has 0 spiro atoms. The Morgan fingerprint density at radius 1 is 1.45 bits per heavy atom. The molecule has 22 heavy (non-hydrogen) atoms. The highest BCUT2D eigenvalue weighted by atomic mass is 16.5. The second-order valence-electron chi connectivity index (χ2n) is 4.81. The number of nitrogens with one attached hydrogen (secondary N) is 1. The summed E-state index contributed by atoms with van der Waals surface area (Å²) in [6.45, 7) is 7.62. The molecule has 0 radical (unpaired) electrons. The van der Waals surface area contributed by atoms with Crippen LogP contribution in [-0.4, -0.2) is 25.7 Å². The summed E-state index contributed by atoms with van der Waals surface area (Å²) >= 11 is 0. The minimum Gasteiger partial charge on any atom is -0.493 e. The number of rotatable bonds is 7. The highest BCUT2D eigenvalue weighted by Gasteiger charge is 2.11. The van der Waals surface area contributed by atoms with E-state index in [0.717, 1.165) is 0 Å². The number of methoxy groups -OCH3 is 1. The van der Waals surface area contributed by atoms with Crippen molar-refractivity contribution in [1.82, 2.24) is 5.32 Å². The Morgan fingerprint density at radius 2 is 2.18 bits per heavy atom. The summed E-state index contributed by atoms with van der Waals surface area (Å²) < 4.78 is 10.7. The molecule has 5 nitrogen and oxygen atoms in total. The first kappa shape index (κ1) is 17.3. The van der Waals surface area contributed by atoms with Gasteiger partial charge >= 0.3 is 0 Å². The van der Waals surface area contributed by atoms with Crippen molar-refractivity contribution in [2.24, 2.45) is 0 Å². The highest BCUT2D eigenvalue weighted by Crippen LogP contribution is 2.28. The van der Waals surface area contributed by atoms with Gasteiger partial charge in [0.15, 0.2) is 11.5 Å². The van der Waals surface area contributed by atoms with Crippen molar-refractivity contribution in [2.45, 2.75) is 19.9 Å². The van der Waals surface area contributed by atoms with Crippen LogP contribution in [0, 0.1) is 11.3 Å². The maximum Gasteiger partial charge on any atom is 0.262 e. The molecule has 0 bridgehead atoms. The van der Waals surface area contributed by atoms with Crippen LogP contribution in [0.4, 0.5) is 0 Å². The number of amides is 1. The smallest absolute Gasteiger partial charge is 0.262 e. The highest BCUT2D eigenvalue weighted by molar-refractivity contribution is 6.01. The Balaban J connectivity index is 3.05.